The fourth-order valence-electron chi connectivity index (χ4n) is 3.30. The summed E-state index contributed by atoms with van der Waals surface area (Å²) < 4.78 is 30.6. The number of carbonyl (C=O) groups is 1. The molecular weight excluding hydrogens is 406 g/mol. The number of benzene rings is 1. The Kier molecular flexibility index (Phi) is 5.00. The molecule has 160 valence electrons. The summed E-state index contributed by atoms with van der Waals surface area (Å²) in [7, 11) is 0. The van der Waals surface area contributed by atoms with Gasteiger partial charge in [-0.1, -0.05) is 6.07 Å². The van der Waals surface area contributed by atoms with Crippen molar-refractivity contribution in [1.29, 1.82) is 0 Å². The molecule has 31 heavy (non-hydrogen) atoms. The average molecular weight is 426 g/mol. The molecule has 0 aliphatic carbocycles. The molecule has 0 radical (unpaired) electrons. The zero-order chi connectivity index (χ0) is 22.3. The molecule has 1 aromatic carbocycles. The fraction of sp³-hybridized carbons (Fsp3) is 0.286. The van der Waals surface area contributed by atoms with Gasteiger partial charge in [-0.15, -0.1) is 5.10 Å². The summed E-state index contributed by atoms with van der Waals surface area (Å²) in [6.07, 6.45) is 2.95. The van der Waals surface area contributed by atoms with Gasteiger partial charge in [-0.05, 0) is 38.1 Å². The second-order valence-electron chi connectivity index (χ2n) is 7.61. The van der Waals surface area contributed by atoms with Crippen LogP contribution in [0.4, 0.5) is 14.6 Å². The van der Waals surface area contributed by atoms with Crippen LogP contribution < -0.4 is 10.7 Å². The summed E-state index contributed by atoms with van der Waals surface area (Å²) in [5, 5.41) is 11.4. The van der Waals surface area contributed by atoms with Crippen LogP contribution in [0.25, 0.3) is 16.6 Å². The quantitative estimate of drug-likeness (QED) is 0.528. The Morgan fingerprint density at radius 1 is 1.19 bits per heavy atom. The minimum Gasteiger partial charge on any atom is -0.309 e. The van der Waals surface area contributed by atoms with E-state index in [1.54, 1.807) is 24.5 Å². The Morgan fingerprint density at radius 3 is 2.68 bits per heavy atom. The highest BCUT2D eigenvalue weighted by molar-refractivity contribution is 5.91. The first kappa shape index (κ1) is 20.6. The summed E-state index contributed by atoms with van der Waals surface area (Å²) in [5.41, 5.74) is 0.285. The number of amides is 1. The molecule has 0 spiro atoms. The SMILES string of the molecule is CC(C)n1nc(CC(=O)Nc2ccc3nccn3n2)c(=O)c2ccc(C(C)(F)F)cc21. The van der Waals surface area contributed by atoms with Gasteiger partial charge in [0.15, 0.2) is 11.5 Å². The Balaban J connectivity index is 1.68. The van der Waals surface area contributed by atoms with E-state index >= 15 is 0 Å². The molecule has 3 heterocycles. The molecule has 0 aliphatic rings. The van der Waals surface area contributed by atoms with Crippen molar-refractivity contribution in [3.8, 4) is 0 Å². The lowest BCUT2D eigenvalue weighted by Crippen LogP contribution is -2.26. The van der Waals surface area contributed by atoms with Crippen LogP contribution in [0.2, 0.25) is 0 Å². The predicted molar refractivity (Wildman–Crippen MR) is 111 cm³/mol. The molecule has 0 aliphatic heterocycles. The van der Waals surface area contributed by atoms with E-state index in [-0.39, 0.29) is 29.1 Å². The molecule has 3 aromatic heterocycles. The van der Waals surface area contributed by atoms with Crippen molar-refractivity contribution >= 4 is 28.3 Å². The van der Waals surface area contributed by atoms with Gasteiger partial charge in [0.05, 0.1) is 11.9 Å². The van der Waals surface area contributed by atoms with Crippen LogP contribution in [0, 0.1) is 0 Å². The number of alkyl halides is 2. The van der Waals surface area contributed by atoms with Gasteiger partial charge in [-0.3, -0.25) is 14.3 Å². The molecule has 10 heteroatoms. The van der Waals surface area contributed by atoms with Gasteiger partial charge < -0.3 is 5.32 Å². The Morgan fingerprint density at radius 2 is 1.97 bits per heavy atom. The van der Waals surface area contributed by atoms with Gasteiger partial charge in [-0.2, -0.15) is 5.10 Å². The summed E-state index contributed by atoms with van der Waals surface area (Å²) >= 11 is 0. The topological polar surface area (TPSA) is 94.2 Å². The van der Waals surface area contributed by atoms with E-state index in [1.165, 1.54) is 27.4 Å². The smallest absolute Gasteiger partial charge is 0.270 e. The summed E-state index contributed by atoms with van der Waals surface area (Å²) in [6.45, 7) is 4.44. The molecule has 1 amide bonds. The number of anilines is 1. The number of fused-ring (bicyclic) bond motifs is 2. The van der Waals surface area contributed by atoms with Crippen LogP contribution in [-0.2, 0) is 17.1 Å². The van der Waals surface area contributed by atoms with Gasteiger partial charge in [0.25, 0.3) is 5.92 Å². The lowest BCUT2D eigenvalue weighted by Gasteiger charge is -2.17. The van der Waals surface area contributed by atoms with Crippen molar-refractivity contribution in [3.63, 3.8) is 0 Å². The van der Waals surface area contributed by atoms with Crippen LogP contribution in [0.3, 0.4) is 0 Å². The monoisotopic (exact) mass is 426 g/mol. The minimum absolute atomic E-state index is 0.0263. The van der Waals surface area contributed by atoms with Crippen molar-refractivity contribution in [3.05, 3.63) is 64.2 Å². The van der Waals surface area contributed by atoms with E-state index < -0.39 is 17.3 Å². The largest absolute Gasteiger partial charge is 0.309 e. The highest BCUT2D eigenvalue weighted by Crippen LogP contribution is 2.29. The number of aromatic nitrogens is 5. The molecule has 0 fully saturated rings. The second-order valence-corrected chi connectivity index (χ2v) is 7.61. The zero-order valence-corrected chi connectivity index (χ0v) is 17.1. The summed E-state index contributed by atoms with van der Waals surface area (Å²) in [5.74, 6) is -3.22. The van der Waals surface area contributed by atoms with Crippen molar-refractivity contribution in [2.24, 2.45) is 0 Å². The first-order chi connectivity index (χ1) is 14.6. The van der Waals surface area contributed by atoms with Crippen molar-refractivity contribution < 1.29 is 13.6 Å². The molecule has 0 bridgehead atoms. The van der Waals surface area contributed by atoms with Gasteiger partial charge >= 0.3 is 0 Å². The van der Waals surface area contributed by atoms with E-state index in [0.717, 1.165) is 6.92 Å². The average Bonchev–Trinajstić information content (AvgIpc) is 3.16. The predicted octanol–water partition coefficient (Wildman–Crippen LogP) is 3.31. The molecular formula is C21H20F2N6O2. The summed E-state index contributed by atoms with van der Waals surface area (Å²) in [6, 6.07) is 6.95. The van der Waals surface area contributed by atoms with Gasteiger partial charge in [0, 0.05) is 36.3 Å². The lowest BCUT2D eigenvalue weighted by atomic mass is 10.1. The minimum atomic E-state index is -3.05. The van der Waals surface area contributed by atoms with E-state index in [9.17, 15) is 18.4 Å². The molecule has 8 nitrogen and oxygen atoms in total. The number of nitrogens with one attached hydrogen (secondary N) is 1. The number of rotatable bonds is 5. The van der Waals surface area contributed by atoms with Crippen molar-refractivity contribution in [2.75, 3.05) is 5.32 Å². The van der Waals surface area contributed by atoms with E-state index in [1.807, 2.05) is 13.8 Å². The maximum absolute atomic E-state index is 13.8. The normalized spacial score (nSPS) is 12.1. The lowest BCUT2D eigenvalue weighted by molar-refractivity contribution is -0.115. The number of nitrogens with zero attached hydrogens (tertiary/aromatic N) is 5. The summed E-state index contributed by atoms with van der Waals surface area (Å²) in [4.78, 5) is 29.6. The molecule has 0 saturated carbocycles. The highest BCUT2D eigenvalue weighted by Gasteiger charge is 2.26. The molecule has 1 N–H and O–H groups in total. The number of hydrogen-bond donors (Lipinski definition) is 1. The van der Waals surface area contributed by atoms with Gasteiger partial charge in [-0.25, -0.2) is 18.3 Å². The van der Waals surface area contributed by atoms with Crippen LogP contribution in [0.5, 0.6) is 0 Å². The van der Waals surface area contributed by atoms with Crippen LogP contribution in [-0.4, -0.2) is 30.3 Å². The van der Waals surface area contributed by atoms with E-state index in [0.29, 0.717) is 17.0 Å². The van der Waals surface area contributed by atoms with E-state index in [4.69, 9.17) is 0 Å². The number of imidazole rings is 1. The van der Waals surface area contributed by atoms with Crippen LogP contribution >= 0.6 is 0 Å². The standard InChI is InChI=1S/C21H20F2N6O2/c1-12(2)29-16-10-13(21(3,22)23)4-5-14(16)20(31)15(26-29)11-19(30)25-17-6-7-18-24-8-9-28(18)27-17/h4-10,12H,11H2,1-3H3,(H,25,27,30). The molecule has 0 atom stereocenters. The number of halogens is 2. The number of carbonyl (C=O) groups excluding carboxylic acids is 1. The van der Waals surface area contributed by atoms with Crippen LogP contribution in [0.15, 0.2) is 47.5 Å². The third-order valence-electron chi connectivity index (χ3n) is 4.83. The Bertz CT molecular complexity index is 1350. The highest BCUT2D eigenvalue weighted by atomic mass is 19.3. The van der Waals surface area contributed by atoms with Crippen molar-refractivity contribution in [1.82, 2.24) is 24.4 Å². The second kappa shape index (κ2) is 7.53. The fourth-order valence-corrected chi connectivity index (χ4v) is 3.30. The molecule has 4 aromatic rings. The maximum atomic E-state index is 13.8. The molecule has 0 saturated heterocycles. The molecule has 4 rings (SSSR count). The third-order valence-corrected chi connectivity index (χ3v) is 4.83. The Labute approximate surface area is 175 Å². The first-order valence-electron chi connectivity index (χ1n) is 9.67. The maximum Gasteiger partial charge on any atom is 0.270 e. The van der Waals surface area contributed by atoms with Gasteiger partial charge in [0.1, 0.15) is 5.69 Å². The third kappa shape index (κ3) is 4.00. The Hall–Kier alpha value is -3.69. The van der Waals surface area contributed by atoms with Crippen LogP contribution in [0.1, 0.15) is 38.1 Å². The molecule has 0 unspecified atom stereocenters. The zero-order valence-electron chi connectivity index (χ0n) is 17.1. The number of hydrogen-bond acceptors (Lipinski definition) is 5. The first-order valence-corrected chi connectivity index (χ1v) is 9.67. The van der Waals surface area contributed by atoms with Gasteiger partial charge in [0.2, 0.25) is 11.3 Å². The van der Waals surface area contributed by atoms with Crippen molar-refractivity contribution in [2.45, 2.75) is 39.2 Å². The van der Waals surface area contributed by atoms with E-state index in [2.05, 4.69) is 20.5 Å².